The summed E-state index contributed by atoms with van der Waals surface area (Å²) >= 11 is 0. The zero-order valence-corrected chi connectivity index (χ0v) is 13.6. The van der Waals surface area contributed by atoms with Crippen LogP contribution < -0.4 is 10.9 Å². The minimum absolute atomic E-state index is 0.0187. The number of ether oxygens (including phenoxy) is 1. The zero-order valence-electron chi connectivity index (χ0n) is 13.6. The summed E-state index contributed by atoms with van der Waals surface area (Å²) in [6.45, 7) is 13.0. The van der Waals surface area contributed by atoms with E-state index in [0.29, 0.717) is 12.4 Å². The third kappa shape index (κ3) is 5.06. The molecule has 0 fully saturated rings. The Balaban J connectivity index is 3.05. The number of methoxy groups -OCH3 is 1. The minimum Gasteiger partial charge on any atom is -0.373 e. The molecular formula is C15H27N3O2. The van der Waals surface area contributed by atoms with E-state index in [9.17, 15) is 4.79 Å². The molecule has 5 heteroatoms. The van der Waals surface area contributed by atoms with E-state index in [-0.39, 0.29) is 22.6 Å². The van der Waals surface area contributed by atoms with Crippen LogP contribution in [-0.4, -0.2) is 22.6 Å². The molecule has 0 radical (unpaired) electrons. The topological polar surface area (TPSA) is 67.0 Å². The van der Waals surface area contributed by atoms with E-state index in [1.54, 1.807) is 7.11 Å². The van der Waals surface area contributed by atoms with E-state index < -0.39 is 0 Å². The molecule has 5 nitrogen and oxygen atoms in total. The number of rotatable bonds is 4. The molecular weight excluding hydrogens is 254 g/mol. The summed E-state index contributed by atoms with van der Waals surface area (Å²) in [6.07, 6.45) is -0.246. The number of aromatic nitrogens is 2. The maximum atomic E-state index is 11.8. The van der Waals surface area contributed by atoms with Crippen LogP contribution in [0.4, 0.5) is 0 Å². The smallest absolute Gasteiger partial charge is 0.251 e. The van der Waals surface area contributed by atoms with Gasteiger partial charge >= 0.3 is 0 Å². The monoisotopic (exact) mass is 281 g/mol. The predicted octanol–water partition coefficient (Wildman–Crippen LogP) is 2.39. The maximum absolute atomic E-state index is 11.8. The summed E-state index contributed by atoms with van der Waals surface area (Å²) in [5.41, 5.74) is 0.424. The second kappa shape index (κ2) is 6.06. The largest absolute Gasteiger partial charge is 0.373 e. The molecule has 0 aliphatic heterocycles. The van der Waals surface area contributed by atoms with Crippen molar-refractivity contribution < 1.29 is 4.74 Å². The van der Waals surface area contributed by atoms with Gasteiger partial charge in [-0.1, -0.05) is 20.8 Å². The van der Waals surface area contributed by atoms with Crippen molar-refractivity contribution in [2.24, 2.45) is 5.41 Å². The van der Waals surface area contributed by atoms with Crippen molar-refractivity contribution in [3.05, 3.63) is 27.9 Å². The van der Waals surface area contributed by atoms with Crippen LogP contribution in [0.25, 0.3) is 0 Å². The first kappa shape index (κ1) is 16.9. The summed E-state index contributed by atoms with van der Waals surface area (Å²) in [4.78, 5) is 19.1. The van der Waals surface area contributed by atoms with E-state index >= 15 is 0 Å². The molecule has 20 heavy (non-hydrogen) atoms. The highest BCUT2D eigenvalue weighted by atomic mass is 16.5. The molecule has 1 heterocycles. The zero-order chi connectivity index (χ0) is 15.6. The standard InChI is InChI=1S/C15H27N3O2/c1-14(2,3)12(20-7)13-17-10(8-11(19)18-13)9-16-15(4,5)6/h8,12,16H,9H2,1-7H3,(H,17,18,19). The first-order valence-electron chi connectivity index (χ1n) is 6.91. The molecule has 0 aliphatic rings. The van der Waals surface area contributed by atoms with Crippen LogP contribution in [0.2, 0.25) is 0 Å². The first-order valence-corrected chi connectivity index (χ1v) is 6.91. The highest BCUT2D eigenvalue weighted by Gasteiger charge is 2.28. The van der Waals surface area contributed by atoms with Gasteiger partial charge in [-0.25, -0.2) is 4.98 Å². The molecule has 0 bridgehead atoms. The van der Waals surface area contributed by atoms with Crippen molar-refractivity contribution in [2.75, 3.05) is 7.11 Å². The molecule has 1 aromatic rings. The Kier molecular flexibility index (Phi) is 5.10. The van der Waals surface area contributed by atoms with Gasteiger partial charge < -0.3 is 15.0 Å². The molecule has 0 saturated carbocycles. The van der Waals surface area contributed by atoms with Crippen LogP contribution in [0.5, 0.6) is 0 Å². The van der Waals surface area contributed by atoms with E-state index in [2.05, 4.69) is 56.8 Å². The quantitative estimate of drug-likeness (QED) is 0.889. The lowest BCUT2D eigenvalue weighted by atomic mass is 9.88. The lowest BCUT2D eigenvalue weighted by Gasteiger charge is -2.28. The molecule has 1 aromatic heterocycles. The molecule has 1 rings (SSSR count). The van der Waals surface area contributed by atoms with Gasteiger partial charge in [-0.15, -0.1) is 0 Å². The Bertz CT molecular complexity index is 495. The molecule has 0 spiro atoms. The third-order valence-corrected chi connectivity index (χ3v) is 2.88. The van der Waals surface area contributed by atoms with E-state index in [1.807, 2.05) is 0 Å². The predicted molar refractivity (Wildman–Crippen MR) is 80.7 cm³/mol. The Hall–Kier alpha value is -1.20. The summed E-state index contributed by atoms with van der Waals surface area (Å²) in [5, 5.41) is 3.33. The van der Waals surface area contributed by atoms with Crippen molar-refractivity contribution in [3.8, 4) is 0 Å². The number of hydrogen-bond donors (Lipinski definition) is 2. The van der Waals surface area contributed by atoms with Crippen molar-refractivity contribution >= 4 is 0 Å². The molecule has 1 unspecified atom stereocenters. The normalized spacial score (nSPS) is 14.3. The summed E-state index contributed by atoms with van der Waals surface area (Å²) in [7, 11) is 1.63. The van der Waals surface area contributed by atoms with Gasteiger partial charge in [0.1, 0.15) is 11.9 Å². The van der Waals surface area contributed by atoms with Crippen molar-refractivity contribution in [2.45, 2.75) is 59.7 Å². The fourth-order valence-corrected chi connectivity index (χ4v) is 1.97. The average molecular weight is 281 g/mol. The lowest BCUT2D eigenvalue weighted by Crippen LogP contribution is -2.36. The van der Waals surface area contributed by atoms with Gasteiger partial charge in [0.25, 0.3) is 5.56 Å². The Morgan fingerprint density at radius 3 is 2.35 bits per heavy atom. The van der Waals surface area contributed by atoms with Crippen LogP contribution in [-0.2, 0) is 11.3 Å². The van der Waals surface area contributed by atoms with Gasteiger partial charge in [0, 0.05) is 25.3 Å². The van der Waals surface area contributed by atoms with Crippen molar-refractivity contribution in [1.29, 1.82) is 0 Å². The number of hydrogen-bond acceptors (Lipinski definition) is 4. The molecule has 2 N–H and O–H groups in total. The fourth-order valence-electron chi connectivity index (χ4n) is 1.97. The Morgan fingerprint density at radius 1 is 1.30 bits per heavy atom. The molecule has 114 valence electrons. The lowest BCUT2D eigenvalue weighted by molar-refractivity contribution is 0.00830. The second-order valence-electron chi connectivity index (χ2n) is 7.21. The average Bonchev–Trinajstić information content (AvgIpc) is 2.23. The minimum atomic E-state index is -0.246. The summed E-state index contributed by atoms with van der Waals surface area (Å²) in [5.74, 6) is 0.582. The molecule has 1 atom stereocenters. The summed E-state index contributed by atoms with van der Waals surface area (Å²) in [6, 6.07) is 1.53. The SMILES string of the molecule is COC(c1nc(CNC(C)(C)C)cc(=O)[nH]1)C(C)(C)C. The highest BCUT2D eigenvalue weighted by Crippen LogP contribution is 2.33. The van der Waals surface area contributed by atoms with Gasteiger partial charge in [0.05, 0.1) is 5.69 Å². The second-order valence-corrected chi connectivity index (χ2v) is 7.21. The number of aromatic amines is 1. The molecule has 0 amide bonds. The van der Waals surface area contributed by atoms with Gasteiger partial charge in [0.2, 0.25) is 0 Å². The van der Waals surface area contributed by atoms with Gasteiger partial charge in [-0.2, -0.15) is 0 Å². The third-order valence-electron chi connectivity index (χ3n) is 2.88. The van der Waals surface area contributed by atoms with Gasteiger partial charge in [-0.3, -0.25) is 4.79 Å². The van der Waals surface area contributed by atoms with E-state index in [0.717, 1.165) is 5.69 Å². The Morgan fingerprint density at radius 2 is 1.90 bits per heavy atom. The maximum Gasteiger partial charge on any atom is 0.251 e. The van der Waals surface area contributed by atoms with Crippen LogP contribution >= 0.6 is 0 Å². The van der Waals surface area contributed by atoms with Gasteiger partial charge in [0.15, 0.2) is 0 Å². The first-order chi connectivity index (χ1) is 9.03. The van der Waals surface area contributed by atoms with Crippen LogP contribution in [0, 0.1) is 5.41 Å². The van der Waals surface area contributed by atoms with Crippen LogP contribution in [0.3, 0.4) is 0 Å². The van der Waals surface area contributed by atoms with Crippen LogP contribution in [0.15, 0.2) is 10.9 Å². The molecule has 0 saturated heterocycles. The van der Waals surface area contributed by atoms with E-state index in [4.69, 9.17) is 4.74 Å². The van der Waals surface area contributed by atoms with Crippen LogP contribution in [0.1, 0.15) is 59.2 Å². The van der Waals surface area contributed by atoms with Crippen molar-refractivity contribution in [3.63, 3.8) is 0 Å². The highest BCUT2D eigenvalue weighted by molar-refractivity contribution is 5.06. The molecule has 0 aliphatic carbocycles. The number of nitrogens with zero attached hydrogens (tertiary/aromatic N) is 1. The van der Waals surface area contributed by atoms with Crippen molar-refractivity contribution in [1.82, 2.24) is 15.3 Å². The fraction of sp³-hybridized carbons (Fsp3) is 0.733. The summed E-state index contributed by atoms with van der Waals surface area (Å²) < 4.78 is 5.50. The molecule has 0 aromatic carbocycles. The van der Waals surface area contributed by atoms with E-state index in [1.165, 1.54) is 6.07 Å². The van der Waals surface area contributed by atoms with Gasteiger partial charge in [-0.05, 0) is 26.2 Å². The number of nitrogens with one attached hydrogen (secondary N) is 2. The number of H-pyrrole nitrogens is 1. The Labute approximate surface area is 121 Å².